The van der Waals surface area contributed by atoms with Gasteiger partial charge >= 0.3 is 6.09 Å². The molecule has 0 aromatic heterocycles. The van der Waals surface area contributed by atoms with Gasteiger partial charge in [0.2, 0.25) is 0 Å². The minimum atomic E-state index is -0.415. The molecule has 1 heterocycles. The van der Waals surface area contributed by atoms with Crippen molar-refractivity contribution in [2.45, 2.75) is 58.1 Å². The normalized spacial score (nSPS) is 22.0. The molecule has 1 saturated heterocycles. The van der Waals surface area contributed by atoms with Gasteiger partial charge in [0, 0.05) is 12.6 Å². The Balaban J connectivity index is 2.57. The van der Waals surface area contributed by atoms with Crippen molar-refractivity contribution >= 4 is 6.09 Å². The molecule has 94 valence electrons. The Labute approximate surface area is 98.1 Å². The van der Waals surface area contributed by atoms with Gasteiger partial charge in [0.1, 0.15) is 5.60 Å². The number of hydrogen-bond acceptors (Lipinski definition) is 3. The van der Waals surface area contributed by atoms with Gasteiger partial charge in [-0.25, -0.2) is 4.79 Å². The van der Waals surface area contributed by atoms with Crippen LogP contribution in [0.4, 0.5) is 4.79 Å². The Morgan fingerprint density at radius 2 is 2.12 bits per heavy atom. The monoisotopic (exact) mass is 228 g/mol. The van der Waals surface area contributed by atoms with Gasteiger partial charge in [-0.2, -0.15) is 0 Å². The topological polar surface area (TPSA) is 55.6 Å². The summed E-state index contributed by atoms with van der Waals surface area (Å²) in [6, 6.07) is 0.272. The van der Waals surface area contributed by atoms with Crippen LogP contribution in [0.5, 0.6) is 0 Å². The number of amides is 1. The van der Waals surface area contributed by atoms with Gasteiger partial charge in [-0.15, -0.1) is 0 Å². The SMILES string of the molecule is CC(C)(C)OC(=O)N1CCCC[C@@H]1CCN. The lowest BCUT2D eigenvalue weighted by Gasteiger charge is -2.36. The van der Waals surface area contributed by atoms with E-state index < -0.39 is 5.60 Å². The zero-order valence-electron chi connectivity index (χ0n) is 10.7. The Hall–Kier alpha value is -0.770. The van der Waals surface area contributed by atoms with Crippen LogP contribution in [0, 0.1) is 0 Å². The molecule has 0 aliphatic carbocycles. The van der Waals surface area contributed by atoms with Gasteiger partial charge in [-0.1, -0.05) is 0 Å². The van der Waals surface area contributed by atoms with E-state index in [1.165, 1.54) is 6.42 Å². The van der Waals surface area contributed by atoms with E-state index in [1.54, 1.807) is 0 Å². The summed E-state index contributed by atoms with van der Waals surface area (Å²) in [4.78, 5) is 13.8. The first-order valence-electron chi connectivity index (χ1n) is 6.14. The fourth-order valence-electron chi connectivity index (χ4n) is 2.05. The van der Waals surface area contributed by atoms with Crippen LogP contribution in [0.1, 0.15) is 46.5 Å². The number of rotatable bonds is 2. The molecule has 4 heteroatoms. The van der Waals surface area contributed by atoms with Gasteiger partial charge in [-0.3, -0.25) is 0 Å². The van der Waals surface area contributed by atoms with Crippen molar-refractivity contribution in [3.63, 3.8) is 0 Å². The van der Waals surface area contributed by atoms with Crippen LogP contribution < -0.4 is 5.73 Å². The Kier molecular flexibility index (Phi) is 4.59. The van der Waals surface area contributed by atoms with E-state index in [0.717, 1.165) is 25.8 Å². The summed E-state index contributed by atoms with van der Waals surface area (Å²) in [5, 5.41) is 0. The van der Waals surface area contributed by atoms with Crippen molar-refractivity contribution in [3.8, 4) is 0 Å². The average Bonchev–Trinajstić information content (AvgIpc) is 2.16. The molecule has 1 atom stereocenters. The van der Waals surface area contributed by atoms with E-state index in [-0.39, 0.29) is 12.1 Å². The molecule has 16 heavy (non-hydrogen) atoms. The summed E-state index contributed by atoms with van der Waals surface area (Å²) in [7, 11) is 0. The summed E-state index contributed by atoms with van der Waals surface area (Å²) >= 11 is 0. The first-order chi connectivity index (χ1) is 7.44. The fraction of sp³-hybridized carbons (Fsp3) is 0.917. The van der Waals surface area contributed by atoms with Crippen molar-refractivity contribution in [2.24, 2.45) is 5.73 Å². The fourth-order valence-corrected chi connectivity index (χ4v) is 2.05. The first kappa shape index (κ1) is 13.3. The lowest BCUT2D eigenvalue weighted by Crippen LogP contribution is -2.46. The quantitative estimate of drug-likeness (QED) is 0.787. The number of likely N-dealkylation sites (tertiary alicyclic amines) is 1. The molecule has 1 amide bonds. The highest BCUT2D eigenvalue weighted by atomic mass is 16.6. The van der Waals surface area contributed by atoms with Gasteiger partial charge in [0.05, 0.1) is 0 Å². The lowest BCUT2D eigenvalue weighted by atomic mass is 10.00. The minimum absolute atomic E-state index is 0.189. The van der Waals surface area contributed by atoms with Crippen LogP contribution in [0.25, 0.3) is 0 Å². The summed E-state index contributed by atoms with van der Waals surface area (Å²) in [5.74, 6) is 0. The molecule has 0 bridgehead atoms. The zero-order valence-corrected chi connectivity index (χ0v) is 10.7. The molecule has 4 nitrogen and oxygen atoms in total. The maximum Gasteiger partial charge on any atom is 0.410 e. The number of piperidine rings is 1. The third kappa shape index (κ3) is 4.00. The number of carbonyl (C=O) groups excluding carboxylic acids is 1. The number of hydrogen-bond donors (Lipinski definition) is 1. The molecule has 0 aromatic carbocycles. The third-order valence-corrected chi connectivity index (χ3v) is 2.76. The van der Waals surface area contributed by atoms with E-state index in [2.05, 4.69) is 0 Å². The van der Waals surface area contributed by atoms with Crippen LogP contribution in [-0.2, 0) is 4.74 Å². The van der Waals surface area contributed by atoms with Gasteiger partial charge in [0.25, 0.3) is 0 Å². The second-order valence-electron chi connectivity index (χ2n) is 5.40. The molecular weight excluding hydrogens is 204 g/mol. The highest BCUT2D eigenvalue weighted by Crippen LogP contribution is 2.21. The molecular formula is C12H24N2O2. The van der Waals surface area contributed by atoms with Crippen LogP contribution in [0.2, 0.25) is 0 Å². The van der Waals surface area contributed by atoms with Crippen molar-refractivity contribution in [1.29, 1.82) is 0 Å². The van der Waals surface area contributed by atoms with Crippen LogP contribution >= 0.6 is 0 Å². The molecule has 0 spiro atoms. The molecule has 0 saturated carbocycles. The summed E-state index contributed by atoms with van der Waals surface area (Å²) in [5.41, 5.74) is 5.16. The smallest absolute Gasteiger partial charge is 0.410 e. The van der Waals surface area contributed by atoms with E-state index >= 15 is 0 Å². The molecule has 1 aliphatic heterocycles. The molecule has 2 N–H and O–H groups in total. The Morgan fingerprint density at radius 3 is 2.69 bits per heavy atom. The summed E-state index contributed by atoms with van der Waals surface area (Å²) in [6.07, 6.45) is 3.99. The maximum absolute atomic E-state index is 12.0. The van der Waals surface area contributed by atoms with Crippen molar-refractivity contribution in [3.05, 3.63) is 0 Å². The Morgan fingerprint density at radius 1 is 1.44 bits per heavy atom. The molecule has 0 radical (unpaired) electrons. The lowest BCUT2D eigenvalue weighted by molar-refractivity contribution is 0.00919. The molecule has 1 rings (SSSR count). The second-order valence-corrected chi connectivity index (χ2v) is 5.40. The van der Waals surface area contributed by atoms with Crippen molar-refractivity contribution < 1.29 is 9.53 Å². The molecule has 1 fully saturated rings. The van der Waals surface area contributed by atoms with Crippen LogP contribution in [-0.4, -0.2) is 35.7 Å². The molecule has 0 unspecified atom stereocenters. The highest BCUT2D eigenvalue weighted by Gasteiger charge is 2.29. The second kappa shape index (κ2) is 5.53. The van der Waals surface area contributed by atoms with E-state index in [4.69, 9.17) is 10.5 Å². The molecule has 1 aliphatic rings. The maximum atomic E-state index is 12.0. The predicted octanol–water partition coefficient (Wildman–Crippen LogP) is 2.12. The summed E-state index contributed by atoms with van der Waals surface area (Å²) < 4.78 is 5.40. The van der Waals surface area contributed by atoms with E-state index in [1.807, 2.05) is 25.7 Å². The predicted molar refractivity (Wildman–Crippen MR) is 64.3 cm³/mol. The van der Waals surface area contributed by atoms with Gasteiger partial charge < -0.3 is 15.4 Å². The molecule has 0 aromatic rings. The van der Waals surface area contributed by atoms with Gasteiger partial charge in [-0.05, 0) is 53.0 Å². The average molecular weight is 228 g/mol. The largest absolute Gasteiger partial charge is 0.444 e. The van der Waals surface area contributed by atoms with E-state index in [9.17, 15) is 4.79 Å². The van der Waals surface area contributed by atoms with Crippen LogP contribution in [0.15, 0.2) is 0 Å². The van der Waals surface area contributed by atoms with E-state index in [0.29, 0.717) is 6.54 Å². The van der Waals surface area contributed by atoms with Crippen molar-refractivity contribution in [2.75, 3.05) is 13.1 Å². The number of carbonyl (C=O) groups is 1. The number of ether oxygens (including phenoxy) is 1. The Bertz CT molecular complexity index is 234. The van der Waals surface area contributed by atoms with Crippen LogP contribution in [0.3, 0.4) is 0 Å². The number of nitrogens with two attached hydrogens (primary N) is 1. The number of nitrogens with zero attached hydrogens (tertiary/aromatic N) is 1. The first-order valence-corrected chi connectivity index (χ1v) is 6.14. The van der Waals surface area contributed by atoms with Crippen molar-refractivity contribution in [1.82, 2.24) is 4.90 Å². The summed E-state index contributed by atoms with van der Waals surface area (Å²) in [6.45, 7) is 7.12. The highest BCUT2D eigenvalue weighted by molar-refractivity contribution is 5.68. The zero-order chi connectivity index (χ0) is 12.2. The standard InChI is InChI=1S/C12H24N2O2/c1-12(2,3)16-11(15)14-9-5-4-6-10(14)7-8-13/h10H,4-9,13H2,1-3H3/t10-/m1/s1. The minimum Gasteiger partial charge on any atom is -0.444 e. The third-order valence-electron chi connectivity index (χ3n) is 2.76. The van der Waals surface area contributed by atoms with Gasteiger partial charge in [0.15, 0.2) is 0 Å².